The highest BCUT2D eigenvalue weighted by molar-refractivity contribution is 5.82. The first kappa shape index (κ1) is 10.3. The van der Waals surface area contributed by atoms with Crippen molar-refractivity contribution in [1.82, 2.24) is 0 Å². The van der Waals surface area contributed by atoms with Gasteiger partial charge in [-0.3, -0.25) is 0 Å². The van der Waals surface area contributed by atoms with Crippen LogP contribution in [-0.4, -0.2) is 6.10 Å². The highest BCUT2D eigenvalue weighted by Crippen LogP contribution is 2.23. The lowest BCUT2D eigenvalue weighted by Gasteiger charge is -2.10. The third-order valence-corrected chi connectivity index (χ3v) is 2.30. The minimum Gasteiger partial charge on any atom is -0.618 e. The number of rotatable bonds is 2. The summed E-state index contributed by atoms with van der Waals surface area (Å²) in [6.07, 6.45) is 6.39. The lowest BCUT2D eigenvalue weighted by atomic mass is 10.2. The molecule has 1 heterocycles. The number of hydrogen-bond acceptors (Lipinski definition) is 2. The number of fused-ring (bicyclic) bond motifs is 1. The Morgan fingerprint density at radius 3 is 2.94 bits per heavy atom. The van der Waals surface area contributed by atoms with E-state index in [2.05, 4.69) is 5.92 Å². The van der Waals surface area contributed by atoms with Gasteiger partial charge in [-0.15, -0.1) is 6.42 Å². The van der Waals surface area contributed by atoms with Gasteiger partial charge < -0.3 is 9.94 Å². The third-order valence-electron chi connectivity index (χ3n) is 2.30. The smallest absolute Gasteiger partial charge is 0.227 e. The van der Waals surface area contributed by atoms with Crippen molar-refractivity contribution >= 4 is 10.9 Å². The van der Waals surface area contributed by atoms with Crippen molar-refractivity contribution in [1.29, 1.82) is 0 Å². The Balaban J connectivity index is 2.55. The summed E-state index contributed by atoms with van der Waals surface area (Å²) in [5.41, 5.74) is 0.573. The van der Waals surface area contributed by atoms with E-state index in [4.69, 9.17) is 11.2 Å². The number of terminal acetylenes is 1. The van der Waals surface area contributed by atoms with E-state index >= 15 is 0 Å². The molecule has 0 radical (unpaired) electrons. The summed E-state index contributed by atoms with van der Waals surface area (Å²) in [4.78, 5) is 0. The Labute approximate surface area is 93.9 Å². The topological polar surface area (TPSA) is 36.2 Å². The van der Waals surface area contributed by atoms with Gasteiger partial charge in [-0.25, -0.2) is 0 Å². The van der Waals surface area contributed by atoms with Crippen molar-refractivity contribution in [2.45, 2.75) is 13.0 Å². The molecule has 0 amide bonds. The highest BCUT2D eigenvalue weighted by Gasteiger charge is 2.09. The maximum Gasteiger partial charge on any atom is 0.227 e. The fourth-order valence-corrected chi connectivity index (χ4v) is 1.52. The second-order valence-electron chi connectivity index (χ2n) is 3.45. The van der Waals surface area contributed by atoms with Gasteiger partial charge in [-0.05, 0) is 19.1 Å². The number of ether oxygens (including phenoxy) is 1. The van der Waals surface area contributed by atoms with Crippen molar-refractivity contribution in [3.8, 4) is 18.1 Å². The Hall–Kier alpha value is -2.21. The first-order valence-corrected chi connectivity index (χ1v) is 4.96. The number of benzene rings is 1. The molecule has 3 nitrogen and oxygen atoms in total. The average Bonchev–Trinajstić information content (AvgIpc) is 2.30. The van der Waals surface area contributed by atoms with Crippen molar-refractivity contribution in [2.24, 2.45) is 0 Å². The maximum absolute atomic E-state index is 11.5. The van der Waals surface area contributed by atoms with Gasteiger partial charge in [0.1, 0.15) is 5.75 Å². The predicted molar refractivity (Wildman–Crippen MR) is 61.8 cm³/mol. The Morgan fingerprint density at radius 2 is 2.19 bits per heavy atom. The SMILES string of the molecule is C#C[C@@H](C)Oc1cccc2c1ccc[n+]2[O-]. The summed E-state index contributed by atoms with van der Waals surface area (Å²) in [6, 6.07) is 8.84. The number of pyridine rings is 1. The van der Waals surface area contributed by atoms with Crippen LogP contribution in [0.3, 0.4) is 0 Å². The minimum absolute atomic E-state index is 0.314. The Morgan fingerprint density at radius 1 is 1.38 bits per heavy atom. The molecule has 0 unspecified atom stereocenters. The fraction of sp³-hybridized carbons (Fsp3) is 0.154. The highest BCUT2D eigenvalue weighted by atomic mass is 16.5. The van der Waals surface area contributed by atoms with E-state index in [1.165, 1.54) is 6.20 Å². The average molecular weight is 213 g/mol. The quantitative estimate of drug-likeness (QED) is 0.434. The first-order chi connectivity index (χ1) is 7.72. The summed E-state index contributed by atoms with van der Waals surface area (Å²) in [7, 11) is 0. The van der Waals surface area contributed by atoms with Crippen LogP contribution in [-0.2, 0) is 0 Å². The standard InChI is InChI=1S/C13H11NO2/c1-3-10(2)16-13-8-4-7-12-11(13)6-5-9-14(12)15/h1,4-10H,2H3/t10-/m1/s1. The van der Waals surface area contributed by atoms with Crippen molar-refractivity contribution in [3.05, 3.63) is 41.7 Å². The van der Waals surface area contributed by atoms with Gasteiger partial charge in [0, 0.05) is 12.1 Å². The molecule has 0 aliphatic carbocycles. The molecule has 0 saturated carbocycles. The maximum atomic E-state index is 11.5. The third kappa shape index (κ3) is 1.78. The van der Waals surface area contributed by atoms with Crippen LogP contribution >= 0.6 is 0 Å². The Kier molecular flexibility index (Phi) is 2.65. The summed E-state index contributed by atoms with van der Waals surface area (Å²) in [6.45, 7) is 1.78. The van der Waals surface area contributed by atoms with Gasteiger partial charge in [0.25, 0.3) is 0 Å². The molecule has 1 aromatic heterocycles. The number of nitrogens with zero attached hydrogens (tertiary/aromatic N) is 1. The van der Waals surface area contributed by atoms with Gasteiger partial charge in [0.2, 0.25) is 5.52 Å². The molecule has 0 aliphatic heterocycles. The van der Waals surface area contributed by atoms with Gasteiger partial charge in [0.15, 0.2) is 12.3 Å². The van der Waals surface area contributed by atoms with Crippen molar-refractivity contribution in [2.75, 3.05) is 0 Å². The van der Waals surface area contributed by atoms with Gasteiger partial charge in [-0.2, -0.15) is 4.73 Å². The van der Waals surface area contributed by atoms with Crippen molar-refractivity contribution < 1.29 is 9.47 Å². The van der Waals surface area contributed by atoms with Crippen LogP contribution in [0.5, 0.6) is 5.75 Å². The molecule has 0 fully saturated rings. The normalized spacial score (nSPS) is 12.0. The van der Waals surface area contributed by atoms with E-state index in [1.807, 2.05) is 6.07 Å². The lowest BCUT2D eigenvalue weighted by Crippen LogP contribution is -2.25. The molecular formula is C13H11NO2. The van der Waals surface area contributed by atoms with E-state index in [-0.39, 0.29) is 6.10 Å². The summed E-state index contributed by atoms with van der Waals surface area (Å²) in [5, 5.41) is 12.3. The molecule has 2 aromatic rings. The van der Waals surface area contributed by atoms with E-state index in [9.17, 15) is 5.21 Å². The van der Waals surface area contributed by atoms with Crippen LogP contribution in [0.4, 0.5) is 0 Å². The van der Waals surface area contributed by atoms with Crippen LogP contribution < -0.4 is 9.47 Å². The van der Waals surface area contributed by atoms with Gasteiger partial charge in [-0.1, -0.05) is 12.0 Å². The molecule has 0 spiro atoms. The van der Waals surface area contributed by atoms with Crippen molar-refractivity contribution in [3.63, 3.8) is 0 Å². The molecular weight excluding hydrogens is 202 g/mol. The van der Waals surface area contributed by atoms with E-state index in [0.29, 0.717) is 11.3 Å². The summed E-state index contributed by atoms with van der Waals surface area (Å²) < 4.78 is 6.35. The van der Waals surface area contributed by atoms with Crippen LogP contribution in [0.1, 0.15) is 6.92 Å². The number of hydrogen-bond donors (Lipinski definition) is 0. The molecule has 2 rings (SSSR count). The minimum atomic E-state index is -0.314. The zero-order valence-electron chi connectivity index (χ0n) is 8.88. The second-order valence-corrected chi connectivity index (χ2v) is 3.45. The van der Waals surface area contributed by atoms with Crippen LogP contribution in [0.2, 0.25) is 0 Å². The first-order valence-electron chi connectivity index (χ1n) is 4.96. The molecule has 0 bridgehead atoms. The van der Waals surface area contributed by atoms with Gasteiger partial charge in [0.05, 0.1) is 5.39 Å². The Bertz CT molecular complexity index is 557. The largest absolute Gasteiger partial charge is 0.618 e. The van der Waals surface area contributed by atoms with E-state index in [0.717, 1.165) is 10.1 Å². The predicted octanol–water partition coefficient (Wildman–Crippen LogP) is 1.87. The van der Waals surface area contributed by atoms with Gasteiger partial charge >= 0.3 is 0 Å². The zero-order chi connectivity index (χ0) is 11.5. The zero-order valence-corrected chi connectivity index (χ0v) is 8.88. The monoisotopic (exact) mass is 213 g/mol. The molecule has 80 valence electrons. The molecule has 1 aromatic carbocycles. The molecule has 0 aliphatic rings. The molecule has 1 atom stereocenters. The molecule has 0 N–H and O–H groups in total. The fourth-order valence-electron chi connectivity index (χ4n) is 1.52. The van der Waals surface area contributed by atoms with Crippen LogP contribution in [0, 0.1) is 17.6 Å². The molecule has 3 heteroatoms. The lowest BCUT2D eigenvalue weighted by molar-refractivity contribution is -0.577. The van der Waals surface area contributed by atoms with E-state index in [1.54, 1.807) is 31.2 Å². The van der Waals surface area contributed by atoms with E-state index < -0.39 is 0 Å². The second kappa shape index (κ2) is 4.11. The van der Waals surface area contributed by atoms with Crippen LogP contribution in [0.25, 0.3) is 10.9 Å². The summed E-state index contributed by atoms with van der Waals surface area (Å²) >= 11 is 0. The molecule has 16 heavy (non-hydrogen) atoms. The number of aromatic nitrogens is 1. The molecule has 0 saturated heterocycles. The van der Waals surface area contributed by atoms with Crippen LogP contribution in [0.15, 0.2) is 36.5 Å². The summed E-state index contributed by atoms with van der Waals surface area (Å²) in [5.74, 6) is 3.12.